The SMILES string of the molecule is C=CCN(CC(F)(F)F)C(=O)c1cnc(OC(C)C)c(Cl)c1. The monoisotopic (exact) mass is 336 g/mol. The van der Waals surface area contributed by atoms with Crippen molar-refractivity contribution < 1.29 is 22.7 Å². The molecule has 8 heteroatoms. The van der Waals surface area contributed by atoms with Crippen LogP contribution in [0.2, 0.25) is 5.02 Å². The second-order valence-corrected chi connectivity index (χ2v) is 5.17. The maximum Gasteiger partial charge on any atom is 0.406 e. The van der Waals surface area contributed by atoms with Crippen LogP contribution in [-0.4, -0.2) is 41.2 Å². The van der Waals surface area contributed by atoms with E-state index in [9.17, 15) is 18.0 Å². The summed E-state index contributed by atoms with van der Waals surface area (Å²) in [5, 5.41) is 0.0603. The molecule has 0 N–H and O–H groups in total. The number of carbonyl (C=O) groups excluding carboxylic acids is 1. The Hall–Kier alpha value is -1.76. The van der Waals surface area contributed by atoms with E-state index in [0.717, 1.165) is 6.20 Å². The molecule has 0 saturated heterocycles. The molecule has 1 heterocycles. The molecule has 122 valence electrons. The topological polar surface area (TPSA) is 42.4 Å². The molecule has 0 atom stereocenters. The van der Waals surface area contributed by atoms with Crippen LogP contribution in [0.1, 0.15) is 24.2 Å². The largest absolute Gasteiger partial charge is 0.474 e. The lowest BCUT2D eigenvalue weighted by Gasteiger charge is -2.22. The molecule has 1 aromatic rings. The molecule has 4 nitrogen and oxygen atoms in total. The van der Waals surface area contributed by atoms with Crippen molar-refractivity contribution in [3.63, 3.8) is 0 Å². The molecule has 1 aromatic heterocycles. The van der Waals surface area contributed by atoms with Crippen molar-refractivity contribution in [3.05, 3.63) is 35.5 Å². The smallest absolute Gasteiger partial charge is 0.406 e. The van der Waals surface area contributed by atoms with Crippen molar-refractivity contribution in [1.82, 2.24) is 9.88 Å². The van der Waals surface area contributed by atoms with Gasteiger partial charge in [0.2, 0.25) is 5.88 Å². The fourth-order valence-electron chi connectivity index (χ4n) is 1.63. The zero-order chi connectivity index (χ0) is 16.9. The maximum atomic E-state index is 12.5. The minimum atomic E-state index is -4.50. The van der Waals surface area contributed by atoms with Crippen LogP contribution >= 0.6 is 11.6 Å². The molecule has 1 rings (SSSR count). The van der Waals surface area contributed by atoms with Crippen LogP contribution in [0.25, 0.3) is 0 Å². The Balaban J connectivity index is 2.99. The van der Waals surface area contributed by atoms with Crippen molar-refractivity contribution >= 4 is 17.5 Å². The van der Waals surface area contributed by atoms with Gasteiger partial charge in [-0.05, 0) is 19.9 Å². The number of alkyl halides is 3. The number of ether oxygens (including phenoxy) is 1. The Morgan fingerprint density at radius 1 is 1.55 bits per heavy atom. The van der Waals surface area contributed by atoms with Gasteiger partial charge in [-0.3, -0.25) is 4.79 Å². The van der Waals surface area contributed by atoms with E-state index in [4.69, 9.17) is 16.3 Å². The van der Waals surface area contributed by atoms with Crippen molar-refractivity contribution in [2.75, 3.05) is 13.1 Å². The van der Waals surface area contributed by atoms with E-state index >= 15 is 0 Å². The summed E-state index contributed by atoms with van der Waals surface area (Å²) in [4.78, 5) is 16.6. The number of nitrogens with zero attached hydrogens (tertiary/aromatic N) is 2. The standard InChI is InChI=1S/C14H16ClF3N2O2/c1-4-5-20(8-14(16,17)18)13(21)10-6-11(15)12(19-7-10)22-9(2)3/h4,6-7,9H,1,5,8H2,2-3H3. The van der Waals surface area contributed by atoms with E-state index in [1.54, 1.807) is 13.8 Å². The Bertz CT molecular complexity index is 547. The average Bonchev–Trinajstić information content (AvgIpc) is 2.38. The molecule has 0 radical (unpaired) electrons. The number of aromatic nitrogens is 1. The summed E-state index contributed by atoms with van der Waals surface area (Å²) in [6.07, 6.45) is -2.32. The molecule has 1 amide bonds. The zero-order valence-electron chi connectivity index (χ0n) is 12.2. The van der Waals surface area contributed by atoms with E-state index in [2.05, 4.69) is 11.6 Å². The second-order valence-electron chi connectivity index (χ2n) is 4.77. The van der Waals surface area contributed by atoms with Gasteiger partial charge < -0.3 is 9.64 Å². The number of carbonyl (C=O) groups is 1. The third-order valence-corrected chi connectivity index (χ3v) is 2.68. The zero-order valence-corrected chi connectivity index (χ0v) is 12.9. The average molecular weight is 337 g/mol. The second kappa shape index (κ2) is 7.49. The highest BCUT2D eigenvalue weighted by molar-refractivity contribution is 6.32. The first-order valence-corrected chi connectivity index (χ1v) is 6.81. The first-order valence-electron chi connectivity index (χ1n) is 6.43. The predicted molar refractivity (Wildman–Crippen MR) is 77.2 cm³/mol. The number of halogens is 4. The Labute approximate surface area is 131 Å². The van der Waals surface area contributed by atoms with Crippen LogP contribution in [-0.2, 0) is 0 Å². The lowest BCUT2D eigenvalue weighted by atomic mass is 10.2. The molecule has 0 aromatic carbocycles. The number of amides is 1. The van der Waals surface area contributed by atoms with Crippen LogP contribution in [0.15, 0.2) is 24.9 Å². The molecular weight excluding hydrogens is 321 g/mol. The van der Waals surface area contributed by atoms with Gasteiger partial charge in [0.25, 0.3) is 5.91 Å². The van der Waals surface area contributed by atoms with Crippen LogP contribution in [0.4, 0.5) is 13.2 Å². The fourth-order valence-corrected chi connectivity index (χ4v) is 1.84. The number of hydrogen-bond donors (Lipinski definition) is 0. The van der Waals surface area contributed by atoms with Gasteiger partial charge in [0, 0.05) is 12.7 Å². The van der Waals surface area contributed by atoms with E-state index in [1.165, 1.54) is 12.1 Å². The lowest BCUT2D eigenvalue weighted by molar-refractivity contribution is -0.139. The van der Waals surface area contributed by atoms with Crippen molar-refractivity contribution in [3.8, 4) is 5.88 Å². The predicted octanol–water partition coefficient (Wildman–Crippen LogP) is 3.71. The quantitative estimate of drug-likeness (QED) is 0.744. The lowest BCUT2D eigenvalue weighted by Crippen LogP contribution is -2.39. The minimum absolute atomic E-state index is 0.0489. The summed E-state index contributed by atoms with van der Waals surface area (Å²) in [5.41, 5.74) is -0.0489. The maximum absolute atomic E-state index is 12.5. The summed E-state index contributed by atoms with van der Waals surface area (Å²) in [5.74, 6) is -0.706. The molecule has 22 heavy (non-hydrogen) atoms. The van der Waals surface area contributed by atoms with Crippen LogP contribution in [0.5, 0.6) is 5.88 Å². The van der Waals surface area contributed by atoms with Gasteiger partial charge >= 0.3 is 6.18 Å². The van der Waals surface area contributed by atoms with Gasteiger partial charge in [0.05, 0.1) is 11.7 Å². The Morgan fingerprint density at radius 3 is 2.64 bits per heavy atom. The molecule has 0 aliphatic rings. The van der Waals surface area contributed by atoms with E-state index < -0.39 is 18.6 Å². The summed E-state index contributed by atoms with van der Waals surface area (Å²) in [6.45, 7) is 5.28. The van der Waals surface area contributed by atoms with Gasteiger partial charge in [0.15, 0.2) is 0 Å². The molecule has 0 spiro atoms. The van der Waals surface area contributed by atoms with Crippen molar-refractivity contribution in [1.29, 1.82) is 0 Å². The van der Waals surface area contributed by atoms with Crippen molar-refractivity contribution in [2.24, 2.45) is 0 Å². The Morgan fingerprint density at radius 2 is 2.18 bits per heavy atom. The third kappa shape index (κ3) is 5.55. The molecule has 0 fully saturated rings. The third-order valence-electron chi connectivity index (χ3n) is 2.41. The van der Waals surface area contributed by atoms with Gasteiger partial charge in [-0.2, -0.15) is 13.2 Å². The highest BCUT2D eigenvalue weighted by Gasteiger charge is 2.33. The van der Waals surface area contributed by atoms with E-state index in [-0.39, 0.29) is 29.1 Å². The van der Waals surface area contributed by atoms with Gasteiger partial charge in [-0.15, -0.1) is 6.58 Å². The van der Waals surface area contributed by atoms with Crippen LogP contribution in [0, 0.1) is 0 Å². The molecule has 0 saturated carbocycles. The number of pyridine rings is 1. The summed E-state index contributed by atoms with van der Waals surface area (Å²) < 4.78 is 42.8. The molecule has 0 aliphatic carbocycles. The molecule has 0 unspecified atom stereocenters. The molecule has 0 aliphatic heterocycles. The summed E-state index contributed by atoms with van der Waals surface area (Å²) in [6, 6.07) is 1.24. The van der Waals surface area contributed by atoms with Gasteiger partial charge in [-0.25, -0.2) is 4.98 Å². The minimum Gasteiger partial charge on any atom is -0.474 e. The van der Waals surface area contributed by atoms with Gasteiger partial charge in [0.1, 0.15) is 11.6 Å². The fraction of sp³-hybridized carbons (Fsp3) is 0.429. The Kier molecular flexibility index (Phi) is 6.22. The summed E-state index contributed by atoms with van der Waals surface area (Å²) >= 11 is 5.93. The molecular formula is C14H16ClF3N2O2. The van der Waals surface area contributed by atoms with Crippen LogP contribution in [0.3, 0.4) is 0 Å². The first kappa shape index (κ1) is 18.3. The van der Waals surface area contributed by atoms with Gasteiger partial charge in [-0.1, -0.05) is 17.7 Å². The highest BCUT2D eigenvalue weighted by atomic mass is 35.5. The normalized spacial score (nSPS) is 11.4. The van der Waals surface area contributed by atoms with E-state index in [1.807, 2.05) is 0 Å². The van der Waals surface area contributed by atoms with Crippen LogP contribution < -0.4 is 4.74 Å². The van der Waals surface area contributed by atoms with Crippen molar-refractivity contribution in [2.45, 2.75) is 26.1 Å². The highest BCUT2D eigenvalue weighted by Crippen LogP contribution is 2.25. The number of rotatable bonds is 6. The summed E-state index contributed by atoms with van der Waals surface area (Å²) in [7, 11) is 0. The molecule has 0 bridgehead atoms. The first-order chi connectivity index (χ1) is 10.1. The van der Waals surface area contributed by atoms with E-state index in [0.29, 0.717) is 4.90 Å². The number of hydrogen-bond acceptors (Lipinski definition) is 3.